The van der Waals surface area contributed by atoms with Gasteiger partial charge in [0.25, 0.3) is 5.91 Å². The van der Waals surface area contributed by atoms with Gasteiger partial charge in [0, 0.05) is 11.1 Å². The number of hydrogen-bond donors (Lipinski definition) is 1. The molecule has 2 aromatic rings. The van der Waals surface area contributed by atoms with Gasteiger partial charge in [0.05, 0.1) is 16.4 Å². The van der Waals surface area contributed by atoms with Crippen LogP contribution in [-0.2, 0) is 19.7 Å². The molecule has 1 fully saturated rings. The summed E-state index contributed by atoms with van der Waals surface area (Å²) in [7, 11) is -7.05. The molecule has 1 unspecified atom stereocenters. The van der Waals surface area contributed by atoms with E-state index in [0.29, 0.717) is 11.4 Å². The van der Waals surface area contributed by atoms with E-state index in [0.717, 1.165) is 0 Å². The maximum absolute atomic E-state index is 12.5. The number of furan rings is 1. The molecule has 1 atom stereocenters. The van der Waals surface area contributed by atoms with Gasteiger partial charge in [-0.05, 0) is 42.8 Å². The van der Waals surface area contributed by atoms with Gasteiger partial charge in [-0.2, -0.15) is 0 Å². The molecule has 1 N–H and O–H groups in total. The van der Waals surface area contributed by atoms with Crippen molar-refractivity contribution in [2.75, 3.05) is 11.5 Å². The van der Waals surface area contributed by atoms with Gasteiger partial charge in [-0.25, -0.2) is 16.8 Å². The summed E-state index contributed by atoms with van der Waals surface area (Å²) in [6.07, 6.45) is 0.324. The summed E-state index contributed by atoms with van der Waals surface area (Å²) in [4.78, 5) is 12.1. The fourth-order valence-electron chi connectivity index (χ4n) is 2.48. The van der Waals surface area contributed by atoms with Crippen molar-refractivity contribution >= 4 is 37.2 Å². The fourth-order valence-corrected chi connectivity index (χ4v) is 5.45. The molecule has 0 aliphatic carbocycles. The van der Waals surface area contributed by atoms with Crippen LogP contribution in [0, 0.1) is 0 Å². The molecule has 0 radical (unpaired) electrons. The van der Waals surface area contributed by atoms with Crippen LogP contribution >= 0.6 is 11.6 Å². The molecule has 25 heavy (non-hydrogen) atoms. The fraction of sp³-hybridized carbons (Fsp3) is 0.267. The van der Waals surface area contributed by atoms with Gasteiger partial charge in [-0.1, -0.05) is 11.6 Å². The summed E-state index contributed by atoms with van der Waals surface area (Å²) >= 11 is 5.74. The monoisotopic (exact) mass is 403 g/mol. The molecular weight excluding hydrogens is 390 g/mol. The Bertz CT molecular complexity index is 1010. The van der Waals surface area contributed by atoms with Crippen LogP contribution in [-0.4, -0.2) is 40.3 Å². The molecule has 0 bridgehead atoms. The van der Waals surface area contributed by atoms with Gasteiger partial charge in [0.15, 0.2) is 15.6 Å². The second-order valence-corrected chi connectivity index (χ2v) is 10.2. The third-order valence-electron chi connectivity index (χ3n) is 3.76. The lowest BCUT2D eigenvalue weighted by Crippen LogP contribution is -2.35. The number of sulfone groups is 2. The van der Waals surface area contributed by atoms with Crippen molar-refractivity contribution in [2.45, 2.75) is 22.5 Å². The van der Waals surface area contributed by atoms with Crippen LogP contribution in [0.25, 0.3) is 0 Å². The Hall–Kier alpha value is -1.84. The summed E-state index contributed by atoms with van der Waals surface area (Å²) in [5, 5.41) is 2.56. The van der Waals surface area contributed by atoms with Crippen molar-refractivity contribution in [1.82, 2.24) is 5.32 Å². The number of rotatable bonds is 4. The summed E-state index contributed by atoms with van der Waals surface area (Å²) in [6.45, 7) is 0. The van der Waals surface area contributed by atoms with E-state index in [1.54, 1.807) is 0 Å². The Morgan fingerprint density at radius 2 is 1.84 bits per heavy atom. The normalized spacial score (nSPS) is 19.6. The molecule has 1 amide bonds. The first-order chi connectivity index (χ1) is 11.7. The average Bonchev–Trinajstić information content (AvgIpc) is 3.15. The van der Waals surface area contributed by atoms with Crippen molar-refractivity contribution < 1.29 is 26.0 Å². The molecule has 3 rings (SSSR count). The minimum absolute atomic E-state index is 0.0138. The SMILES string of the molecule is O=C(NC1CCS(=O)(=O)C1)c1ccc(S(=O)(=O)c2ccc(Cl)cc2)o1. The first kappa shape index (κ1) is 18.0. The molecule has 1 aromatic carbocycles. The lowest BCUT2D eigenvalue weighted by Gasteiger charge is -2.08. The molecule has 2 heterocycles. The van der Waals surface area contributed by atoms with E-state index in [1.807, 2.05) is 0 Å². The van der Waals surface area contributed by atoms with Crippen molar-refractivity contribution in [3.8, 4) is 0 Å². The van der Waals surface area contributed by atoms with E-state index < -0.39 is 31.6 Å². The zero-order valence-electron chi connectivity index (χ0n) is 12.8. The topological polar surface area (TPSA) is 111 Å². The predicted octanol–water partition coefficient (Wildman–Crippen LogP) is 1.68. The van der Waals surface area contributed by atoms with Crippen LogP contribution in [0.4, 0.5) is 0 Å². The van der Waals surface area contributed by atoms with E-state index in [-0.39, 0.29) is 27.3 Å². The highest BCUT2D eigenvalue weighted by molar-refractivity contribution is 7.91. The second-order valence-electron chi connectivity index (χ2n) is 5.65. The molecule has 1 aliphatic rings. The van der Waals surface area contributed by atoms with Crippen LogP contribution < -0.4 is 5.32 Å². The standard InChI is InChI=1S/C15H14ClNO6S2/c16-10-1-3-12(4-2-10)25(21,22)14-6-5-13(23-14)15(18)17-11-7-8-24(19,20)9-11/h1-6,11H,7-9H2,(H,17,18). The average molecular weight is 404 g/mol. The first-order valence-electron chi connectivity index (χ1n) is 7.29. The van der Waals surface area contributed by atoms with Crippen molar-refractivity contribution in [3.05, 3.63) is 47.2 Å². The number of hydrogen-bond acceptors (Lipinski definition) is 6. The minimum Gasteiger partial charge on any atom is -0.439 e. The summed E-state index contributed by atoms with van der Waals surface area (Å²) in [6, 6.07) is 7.47. The van der Waals surface area contributed by atoms with E-state index in [2.05, 4.69) is 5.32 Å². The van der Waals surface area contributed by atoms with Crippen LogP contribution in [0.5, 0.6) is 0 Å². The Balaban J connectivity index is 1.78. The lowest BCUT2D eigenvalue weighted by molar-refractivity contribution is 0.0908. The van der Waals surface area contributed by atoms with E-state index in [1.165, 1.54) is 36.4 Å². The van der Waals surface area contributed by atoms with Crippen molar-refractivity contribution in [1.29, 1.82) is 0 Å². The third-order valence-corrected chi connectivity index (χ3v) is 7.42. The first-order valence-corrected chi connectivity index (χ1v) is 11.0. The Morgan fingerprint density at radius 1 is 1.16 bits per heavy atom. The third kappa shape index (κ3) is 3.88. The molecule has 1 aliphatic heterocycles. The maximum Gasteiger partial charge on any atom is 0.287 e. The zero-order valence-corrected chi connectivity index (χ0v) is 15.2. The molecule has 10 heteroatoms. The van der Waals surface area contributed by atoms with Crippen LogP contribution in [0.15, 0.2) is 50.8 Å². The molecule has 0 spiro atoms. The highest BCUT2D eigenvalue weighted by Gasteiger charge is 2.30. The van der Waals surface area contributed by atoms with Crippen molar-refractivity contribution in [2.24, 2.45) is 0 Å². The Morgan fingerprint density at radius 3 is 2.44 bits per heavy atom. The van der Waals surface area contributed by atoms with Crippen LogP contribution in [0.3, 0.4) is 0 Å². The lowest BCUT2D eigenvalue weighted by atomic mass is 10.2. The molecule has 1 saturated heterocycles. The smallest absolute Gasteiger partial charge is 0.287 e. The highest BCUT2D eigenvalue weighted by atomic mass is 35.5. The van der Waals surface area contributed by atoms with Gasteiger partial charge < -0.3 is 9.73 Å². The molecule has 0 saturated carbocycles. The number of amides is 1. The Kier molecular flexibility index (Phi) is 4.65. The van der Waals surface area contributed by atoms with Crippen LogP contribution in [0.1, 0.15) is 17.0 Å². The molecule has 1 aromatic heterocycles. The largest absolute Gasteiger partial charge is 0.439 e. The molecular formula is C15H14ClNO6S2. The number of benzene rings is 1. The van der Waals surface area contributed by atoms with E-state index in [4.69, 9.17) is 16.0 Å². The highest BCUT2D eigenvalue weighted by Crippen LogP contribution is 2.24. The number of halogens is 1. The number of carbonyl (C=O) groups is 1. The second kappa shape index (κ2) is 6.47. The van der Waals surface area contributed by atoms with Crippen LogP contribution in [0.2, 0.25) is 5.02 Å². The predicted molar refractivity (Wildman–Crippen MR) is 90.1 cm³/mol. The summed E-state index contributed by atoms with van der Waals surface area (Å²) in [5.74, 6) is -0.960. The maximum atomic E-state index is 12.5. The van der Waals surface area contributed by atoms with Gasteiger partial charge in [0.2, 0.25) is 14.9 Å². The zero-order chi connectivity index (χ0) is 18.2. The number of nitrogens with one attached hydrogen (secondary N) is 1. The van der Waals surface area contributed by atoms with Gasteiger partial charge in [-0.15, -0.1) is 0 Å². The molecule has 134 valence electrons. The summed E-state index contributed by atoms with van der Waals surface area (Å²) in [5.41, 5.74) is 0. The summed E-state index contributed by atoms with van der Waals surface area (Å²) < 4.78 is 52.9. The quantitative estimate of drug-likeness (QED) is 0.831. The Labute approximate surface area is 149 Å². The number of carbonyl (C=O) groups excluding carboxylic acids is 1. The van der Waals surface area contributed by atoms with Gasteiger partial charge >= 0.3 is 0 Å². The minimum atomic E-state index is -3.92. The van der Waals surface area contributed by atoms with Crippen molar-refractivity contribution in [3.63, 3.8) is 0 Å². The van der Waals surface area contributed by atoms with Gasteiger partial charge in [0.1, 0.15) is 0 Å². The van der Waals surface area contributed by atoms with Gasteiger partial charge in [-0.3, -0.25) is 4.79 Å². The molecule has 7 nitrogen and oxygen atoms in total. The van der Waals surface area contributed by atoms with E-state index >= 15 is 0 Å². The van der Waals surface area contributed by atoms with E-state index in [9.17, 15) is 21.6 Å².